The quantitative estimate of drug-likeness (QED) is 0.452. The summed E-state index contributed by atoms with van der Waals surface area (Å²) in [5, 5.41) is 0. The first-order valence-electron chi connectivity index (χ1n) is 6.76. The third kappa shape index (κ3) is 5.37. The average Bonchev–Trinajstić information content (AvgIpc) is 2.49. The van der Waals surface area contributed by atoms with Crippen molar-refractivity contribution in [2.24, 2.45) is 0 Å². The van der Waals surface area contributed by atoms with E-state index in [-0.39, 0.29) is 5.56 Å². The van der Waals surface area contributed by atoms with Crippen molar-refractivity contribution in [2.45, 2.75) is 13.8 Å². The molecular formula is C19H19FO2. The molecule has 0 aliphatic heterocycles. The molecule has 0 spiro atoms. The Labute approximate surface area is 130 Å². The number of hydrogen-bond donors (Lipinski definition) is 0. The monoisotopic (exact) mass is 298 g/mol. The summed E-state index contributed by atoms with van der Waals surface area (Å²) in [5.41, 5.74) is 1.77. The van der Waals surface area contributed by atoms with Crippen LogP contribution in [0.25, 0.3) is 0 Å². The Morgan fingerprint density at radius 2 is 1.55 bits per heavy atom. The molecule has 0 aliphatic carbocycles. The van der Waals surface area contributed by atoms with Crippen LogP contribution >= 0.6 is 0 Å². The summed E-state index contributed by atoms with van der Waals surface area (Å²) in [6.45, 7) is 10.4. The molecule has 0 heterocycles. The van der Waals surface area contributed by atoms with Gasteiger partial charge in [0, 0.05) is 0 Å². The second-order valence-corrected chi connectivity index (χ2v) is 4.66. The van der Waals surface area contributed by atoms with Crippen LogP contribution in [-0.2, 0) is 0 Å². The predicted octanol–water partition coefficient (Wildman–Crippen LogP) is 5.02. The van der Waals surface area contributed by atoms with Gasteiger partial charge in [0.25, 0.3) is 0 Å². The zero-order chi connectivity index (χ0) is 16.5. The number of esters is 1. The van der Waals surface area contributed by atoms with Crippen LogP contribution in [0.5, 0.6) is 5.75 Å². The molecule has 2 rings (SSSR count). The first-order valence-corrected chi connectivity index (χ1v) is 6.76. The molecule has 0 aromatic heterocycles. The van der Waals surface area contributed by atoms with Gasteiger partial charge in [-0.2, -0.15) is 0 Å². The maximum absolute atomic E-state index is 13.6. The lowest BCUT2D eigenvalue weighted by molar-refractivity contribution is 0.0730. The number of carbonyl (C=O) groups excluding carboxylic acids is 1. The Morgan fingerprint density at radius 1 is 1.00 bits per heavy atom. The van der Waals surface area contributed by atoms with E-state index in [1.807, 2.05) is 19.1 Å². The van der Waals surface area contributed by atoms with Crippen LogP contribution in [0.1, 0.15) is 21.5 Å². The molecule has 0 atom stereocenters. The molecule has 0 amide bonds. The maximum atomic E-state index is 13.6. The van der Waals surface area contributed by atoms with Crippen molar-refractivity contribution in [3.8, 4) is 5.75 Å². The second-order valence-electron chi connectivity index (χ2n) is 4.66. The standard InChI is InChI=1S/C15H13FO2.C4H6/c1-10-3-6-12(7-4-10)18-15(17)13-8-5-11(2)9-14(13)16;1-3-4-2/h3-9H,1-2H3;3-4H,1-2H2. The normalized spacial score (nSPS) is 9.23. The van der Waals surface area contributed by atoms with E-state index < -0.39 is 11.8 Å². The summed E-state index contributed by atoms with van der Waals surface area (Å²) in [7, 11) is 0. The lowest BCUT2D eigenvalue weighted by atomic mass is 10.1. The Balaban J connectivity index is 0.000000541. The highest BCUT2D eigenvalue weighted by atomic mass is 19.1. The fourth-order valence-electron chi connectivity index (χ4n) is 1.55. The van der Waals surface area contributed by atoms with E-state index in [1.165, 1.54) is 12.1 Å². The van der Waals surface area contributed by atoms with Crippen molar-refractivity contribution < 1.29 is 13.9 Å². The van der Waals surface area contributed by atoms with Crippen LogP contribution in [0.4, 0.5) is 4.39 Å². The molecule has 0 aliphatic rings. The third-order valence-corrected chi connectivity index (χ3v) is 2.74. The van der Waals surface area contributed by atoms with Gasteiger partial charge in [-0.25, -0.2) is 9.18 Å². The van der Waals surface area contributed by atoms with E-state index in [2.05, 4.69) is 13.2 Å². The first kappa shape index (κ1) is 17.4. The maximum Gasteiger partial charge on any atom is 0.346 e. The van der Waals surface area contributed by atoms with E-state index in [1.54, 1.807) is 37.3 Å². The molecule has 3 heteroatoms. The van der Waals surface area contributed by atoms with Gasteiger partial charge in [0.2, 0.25) is 0 Å². The van der Waals surface area contributed by atoms with Crippen molar-refractivity contribution in [3.63, 3.8) is 0 Å². The van der Waals surface area contributed by atoms with Crippen LogP contribution in [0.2, 0.25) is 0 Å². The number of hydrogen-bond acceptors (Lipinski definition) is 2. The zero-order valence-electron chi connectivity index (χ0n) is 12.8. The average molecular weight is 298 g/mol. The Kier molecular flexibility index (Phi) is 6.77. The second kappa shape index (κ2) is 8.57. The molecule has 22 heavy (non-hydrogen) atoms. The van der Waals surface area contributed by atoms with Gasteiger partial charge in [-0.15, -0.1) is 0 Å². The van der Waals surface area contributed by atoms with E-state index in [4.69, 9.17) is 4.74 Å². The Bertz CT molecular complexity index is 652. The molecule has 2 nitrogen and oxygen atoms in total. The molecule has 0 saturated carbocycles. The van der Waals surface area contributed by atoms with E-state index >= 15 is 0 Å². The SMILES string of the molecule is C=CC=C.Cc1ccc(OC(=O)c2ccc(C)cc2F)cc1. The van der Waals surface area contributed by atoms with Crippen molar-refractivity contribution in [1.29, 1.82) is 0 Å². The van der Waals surface area contributed by atoms with Crippen LogP contribution in [0.15, 0.2) is 67.8 Å². The molecule has 0 radical (unpaired) electrons. The molecule has 114 valence electrons. The molecule has 0 fully saturated rings. The lowest BCUT2D eigenvalue weighted by Crippen LogP contribution is -2.10. The fourth-order valence-corrected chi connectivity index (χ4v) is 1.55. The van der Waals surface area contributed by atoms with Crippen LogP contribution in [0, 0.1) is 19.7 Å². The molecule has 0 saturated heterocycles. The zero-order valence-corrected chi connectivity index (χ0v) is 12.8. The van der Waals surface area contributed by atoms with Crippen molar-refractivity contribution in [2.75, 3.05) is 0 Å². The molecule has 0 N–H and O–H groups in total. The topological polar surface area (TPSA) is 26.3 Å². The van der Waals surface area contributed by atoms with E-state index in [9.17, 15) is 9.18 Å². The highest BCUT2D eigenvalue weighted by Gasteiger charge is 2.13. The molecular weight excluding hydrogens is 279 g/mol. The predicted molar refractivity (Wildman–Crippen MR) is 87.7 cm³/mol. The number of aryl methyl sites for hydroxylation is 2. The summed E-state index contributed by atoms with van der Waals surface area (Å²) in [6, 6.07) is 11.4. The van der Waals surface area contributed by atoms with Gasteiger partial charge in [-0.1, -0.05) is 49.1 Å². The molecule has 0 unspecified atom stereocenters. The lowest BCUT2D eigenvalue weighted by Gasteiger charge is -2.06. The third-order valence-electron chi connectivity index (χ3n) is 2.74. The Hall–Kier alpha value is -2.68. The van der Waals surface area contributed by atoms with Crippen LogP contribution in [-0.4, -0.2) is 5.97 Å². The number of rotatable bonds is 3. The van der Waals surface area contributed by atoms with Crippen LogP contribution < -0.4 is 4.74 Å². The number of benzene rings is 2. The number of allylic oxidation sites excluding steroid dienone is 2. The molecule has 0 bridgehead atoms. The van der Waals surface area contributed by atoms with Crippen molar-refractivity contribution >= 4 is 5.97 Å². The van der Waals surface area contributed by atoms with Crippen LogP contribution in [0.3, 0.4) is 0 Å². The minimum absolute atomic E-state index is 0.0545. The van der Waals surface area contributed by atoms with E-state index in [0.717, 1.165) is 11.1 Å². The van der Waals surface area contributed by atoms with Gasteiger partial charge < -0.3 is 4.74 Å². The number of ether oxygens (including phenoxy) is 1. The van der Waals surface area contributed by atoms with Gasteiger partial charge in [0.1, 0.15) is 11.6 Å². The highest BCUT2D eigenvalue weighted by Crippen LogP contribution is 2.16. The summed E-state index contributed by atoms with van der Waals surface area (Å²) in [4.78, 5) is 11.8. The molecule has 2 aromatic carbocycles. The number of halogens is 1. The van der Waals surface area contributed by atoms with Gasteiger partial charge in [0.05, 0.1) is 5.56 Å². The van der Waals surface area contributed by atoms with Crippen molar-refractivity contribution in [3.05, 3.63) is 90.3 Å². The summed E-state index contributed by atoms with van der Waals surface area (Å²) < 4.78 is 18.7. The minimum Gasteiger partial charge on any atom is -0.423 e. The van der Waals surface area contributed by atoms with Gasteiger partial charge in [0.15, 0.2) is 0 Å². The van der Waals surface area contributed by atoms with Gasteiger partial charge in [-0.3, -0.25) is 0 Å². The fraction of sp³-hybridized carbons (Fsp3) is 0.105. The smallest absolute Gasteiger partial charge is 0.346 e. The summed E-state index contributed by atoms with van der Waals surface area (Å²) in [6.07, 6.45) is 3.28. The minimum atomic E-state index is -0.684. The van der Waals surface area contributed by atoms with Gasteiger partial charge in [-0.05, 0) is 43.7 Å². The largest absolute Gasteiger partial charge is 0.423 e. The van der Waals surface area contributed by atoms with E-state index in [0.29, 0.717) is 5.75 Å². The highest BCUT2D eigenvalue weighted by molar-refractivity contribution is 5.91. The summed E-state index contributed by atoms with van der Waals surface area (Å²) >= 11 is 0. The first-order chi connectivity index (χ1) is 10.5. The Morgan fingerprint density at radius 3 is 2.05 bits per heavy atom. The molecule has 2 aromatic rings. The number of carbonyl (C=O) groups is 1. The van der Waals surface area contributed by atoms with Crippen molar-refractivity contribution in [1.82, 2.24) is 0 Å². The summed E-state index contributed by atoms with van der Waals surface area (Å²) in [5.74, 6) is -0.839. The van der Waals surface area contributed by atoms with Gasteiger partial charge >= 0.3 is 5.97 Å².